The van der Waals surface area contributed by atoms with Gasteiger partial charge in [-0.15, -0.1) is 0 Å². The van der Waals surface area contributed by atoms with E-state index in [9.17, 15) is 9.59 Å². The molecule has 2 atom stereocenters. The summed E-state index contributed by atoms with van der Waals surface area (Å²) >= 11 is 0. The van der Waals surface area contributed by atoms with Crippen LogP contribution < -0.4 is 16.4 Å². The highest BCUT2D eigenvalue weighted by molar-refractivity contribution is 5.92. The Morgan fingerprint density at radius 1 is 1.23 bits per heavy atom. The Bertz CT molecular complexity index is 525. The summed E-state index contributed by atoms with van der Waals surface area (Å²) in [5.74, 6) is -0.0577. The molecule has 1 aliphatic carbocycles. The van der Waals surface area contributed by atoms with Gasteiger partial charge in [-0.2, -0.15) is 0 Å². The lowest BCUT2D eigenvalue weighted by molar-refractivity contribution is -0.125. The van der Waals surface area contributed by atoms with Gasteiger partial charge >= 0.3 is 0 Å². The summed E-state index contributed by atoms with van der Waals surface area (Å²) in [5.41, 5.74) is 7.71. The van der Waals surface area contributed by atoms with Crippen LogP contribution in [-0.4, -0.2) is 17.9 Å². The number of benzene rings is 1. The lowest BCUT2D eigenvalue weighted by Crippen LogP contribution is -2.38. The number of rotatable bonds is 5. The van der Waals surface area contributed by atoms with Crippen LogP contribution in [-0.2, 0) is 16.1 Å². The van der Waals surface area contributed by atoms with Crippen molar-refractivity contribution in [3.8, 4) is 0 Å². The highest BCUT2D eigenvalue weighted by Crippen LogP contribution is 2.24. The average molecular weight is 303 g/mol. The number of carbonyl (C=O) groups is 2. The summed E-state index contributed by atoms with van der Waals surface area (Å²) in [5, 5.41) is 5.78. The van der Waals surface area contributed by atoms with Gasteiger partial charge < -0.3 is 16.4 Å². The van der Waals surface area contributed by atoms with Gasteiger partial charge in [-0.05, 0) is 30.5 Å². The zero-order valence-corrected chi connectivity index (χ0v) is 13.3. The molecule has 22 heavy (non-hydrogen) atoms. The third-order valence-electron chi connectivity index (χ3n) is 4.12. The highest BCUT2D eigenvalue weighted by atomic mass is 16.2. The first-order valence-corrected chi connectivity index (χ1v) is 7.90. The van der Waals surface area contributed by atoms with E-state index < -0.39 is 0 Å². The van der Waals surface area contributed by atoms with Crippen LogP contribution >= 0.6 is 0 Å². The maximum absolute atomic E-state index is 12.1. The Morgan fingerprint density at radius 3 is 2.45 bits per heavy atom. The molecular formula is C17H25N3O2. The molecule has 1 saturated carbocycles. The van der Waals surface area contributed by atoms with Crippen LogP contribution in [0.4, 0.5) is 5.69 Å². The minimum absolute atomic E-state index is 0.00345. The van der Waals surface area contributed by atoms with Gasteiger partial charge in [-0.3, -0.25) is 9.59 Å². The number of nitrogens with two attached hydrogens (primary N) is 1. The molecule has 1 aliphatic rings. The maximum atomic E-state index is 12.1. The van der Waals surface area contributed by atoms with Crippen LogP contribution in [0.15, 0.2) is 24.3 Å². The van der Waals surface area contributed by atoms with E-state index in [-0.39, 0.29) is 29.7 Å². The lowest BCUT2D eigenvalue weighted by atomic mass is 10.0. The molecular weight excluding hydrogens is 278 g/mol. The normalized spacial score (nSPS) is 20.9. The largest absolute Gasteiger partial charge is 0.352 e. The molecule has 2 amide bonds. The summed E-state index contributed by atoms with van der Waals surface area (Å²) in [6.45, 7) is 4.19. The molecule has 0 bridgehead atoms. The van der Waals surface area contributed by atoms with Crippen molar-refractivity contribution in [3.05, 3.63) is 29.8 Å². The van der Waals surface area contributed by atoms with Gasteiger partial charge in [-0.1, -0.05) is 32.4 Å². The molecule has 0 radical (unpaired) electrons. The molecule has 5 nitrogen and oxygen atoms in total. The Hall–Kier alpha value is -1.88. The fourth-order valence-electron chi connectivity index (χ4n) is 2.63. The number of carbonyl (C=O) groups excluding carboxylic acids is 2. The molecule has 0 aliphatic heterocycles. The van der Waals surface area contributed by atoms with E-state index in [0.29, 0.717) is 6.54 Å². The molecule has 1 aromatic rings. The second-order valence-corrected chi connectivity index (χ2v) is 6.26. The van der Waals surface area contributed by atoms with E-state index in [4.69, 9.17) is 5.73 Å². The fraction of sp³-hybridized carbons (Fsp3) is 0.529. The molecule has 1 fully saturated rings. The first-order valence-electron chi connectivity index (χ1n) is 7.90. The monoisotopic (exact) mass is 303 g/mol. The molecule has 120 valence electrons. The van der Waals surface area contributed by atoms with Gasteiger partial charge in [-0.25, -0.2) is 0 Å². The van der Waals surface area contributed by atoms with Crippen molar-refractivity contribution >= 4 is 17.5 Å². The molecule has 1 aromatic carbocycles. The third-order valence-corrected chi connectivity index (χ3v) is 4.12. The molecule has 0 heterocycles. The van der Waals surface area contributed by atoms with Gasteiger partial charge in [0, 0.05) is 24.2 Å². The predicted octanol–water partition coefficient (Wildman–Crippen LogP) is 2.02. The van der Waals surface area contributed by atoms with Crippen molar-refractivity contribution in [3.63, 3.8) is 0 Å². The first-order chi connectivity index (χ1) is 10.5. The smallest absolute Gasteiger partial charge is 0.226 e. The zero-order valence-electron chi connectivity index (χ0n) is 13.3. The first kappa shape index (κ1) is 16.5. The van der Waals surface area contributed by atoms with Crippen molar-refractivity contribution < 1.29 is 9.59 Å². The van der Waals surface area contributed by atoms with E-state index in [1.807, 2.05) is 38.1 Å². The fourth-order valence-corrected chi connectivity index (χ4v) is 2.63. The van der Waals surface area contributed by atoms with Crippen LogP contribution in [0, 0.1) is 11.8 Å². The molecule has 5 heteroatoms. The quantitative estimate of drug-likeness (QED) is 0.778. The summed E-state index contributed by atoms with van der Waals surface area (Å²) < 4.78 is 0. The van der Waals surface area contributed by atoms with E-state index >= 15 is 0 Å². The predicted molar refractivity (Wildman–Crippen MR) is 87.1 cm³/mol. The van der Waals surface area contributed by atoms with E-state index in [0.717, 1.165) is 30.5 Å². The van der Waals surface area contributed by atoms with Crippen molar-refractivity contribution in [2.45, 2.75) is 45.7 Å². The van der Waals surface area contributed by atoms with Gasteiger partial charge in [0.25, 0.3) is 0 Å². The topological polar surface area (TPSA) is 84.2 Å². The minimum atomic E-state index is -0.0513. The Labute approximate surface area is 131 Å². The van der Waals surface area contributed by atoms with Crippen LogP contribution in [0.1, 0.15) is 38.7 Å². The zero-order chi connectivity index (χ0) is 16.1. The number of hydrogen-bond acceptors (Lipinski definition) is 3. The summed E-state index contributed by atoms with van der Waals surface area (Å²) in [6.07, 6.45) is 2.85. The van der Waals surface area contributed by atoms with Crippen LogP contribution in [0.2, 0.25) is 0 Å². The van der Waals surface area contributed by atoms with Crippen LogP contribution in [0.5, 0.6) is 0 Å². The maximum Gasteiger partial charge on any atom is 0.226 e. The van der Waals surface area contributed by atoms with Gasteiger partial charge in [0.1, 0.15) is 0 Å². The highest BCUT2D eigenvalue weighted by Gasteiger charge is 2.29. The number of anilines is 1. The van der Waals surface area contributed by atoms with Crippen LogP contribution in [0.3, 0.4) is 0 Å². The van der Waals surface area contributed by atoms with Crippen molar-refractivity contribution in [1.82, 2.24) is 5.32 Å². The molecule has 0 saturated heterocycles. The van der Waals surface area contributed by atoms with Crippen molar-refractivity contribution in [2.75, 3.05) is 5.32 Å². The number of hydrogen-bond donors (Lipinski definition) is 3. The second kappa shape index (κ2) is 7.40. The third kappa shape index (κ3) is 4.31. The van der Waals surface area contributed by atoms with E-state index in [1.54, 1.807) is 0 Å². The van der Waals surface area contributed by atoms with Crippen LogP contribution in [0.25, 0.3) is 0 Å². The second-order valence-electron chi connectivity index (χ2n) is 6.26. The van der Waals surface area contributed by atoms with Gasteiger partial charge in [0.05, 0.1) is 5.92 Å². The average Bonchev–Trinajstić information content (AvgIpc) is 2.92. The van der Waals surface area contributed by atoms with Crippen molar-refractivity contribution in [1.29, 1.82) is 0 Å². The number of amides is 2. The molecule has 0 spiro atoms. The Kier molecular flexibility index (Phi) is 5.55. The molecule has 2 unspecified atom stereocenters. The molecule has 2 rings (SSSR count). The summed E-state index contributed by atoms with van der Waals surface area (Å²) in [6, 6.07) is 7.51. The van der Waals surface area contributed by atoms with Gasteiger partial charge in [0.15, 0.2) is 0 Å². The standard InChI is InChI=1S/C17H25N3O2/c1-11(2)16(21)20-13-8-6-12(7-9-13)10-19-17(22)14-4-3-5-15(14)18/h6-9,11,14-15H,3-5,10,18H2,1-2H3,(H,19,22)(H,20,21). The lowest BCUT2D eigenvalue weighted by Gasteiger charge is -2.15. The van der Waals surface area contributed by atoms with Crippen molar-refractivity contribution in [2.24, 2.45) is 17.6 Å². The van der Waals surface area contributed by atoms with Gasteiger partial charge in [0.2, 0.25) is 11.8 Å². The minimum Gasteiger partial charge on any atom is -0.352 e. The Balaban J connectivity index is 1.83. The SMILES string of the molecule is CC(C)C(=O)Nc1ccc(CNC(=O)C2CCCC2N)cc1. The van der Waals surface area contributed by atoms with E-state index in [1.165, 1.54) is 0 Å². The molecule has 0 aromatic heterocycles. The summed E-state index contributed by atoms with van der Waals surface area (Å²) in [4.78, 5) is 23.7. The summed E-state index contributed by atoms with van der Waals surface area (Å²) in [7, 11) is 0. The molecule has 4 N–H and O–H groups in total. The van der Waals surface area contributed by atoms with E-state index in [2.05, 4.69) is 10.6 Å². The Morgan fingerprint density at radius 2 is 1.91 bits per heavy atom. The number of nitrogens with one attached hydrogen (secondary N) is 2.